The largest absolute Gasteiger partial charge is 0.337 e. The molecule has 2 heterocycles. The van der Waals surface area contributed by atoms with E-state index in [4.69, 9.17) is 0 Å². The molecule has 0 N–H and O–H groups in total. The first kappa shape index (κ1) is 12.9. The average molecular weight is 315 g/mol. The van der Waals surface area contributed by atoms with Crippen molar-refractivity contribution in [1.82, 2.24) is 9.88 Å². The molecule has 5 heteroatoms. The number of amides is 1. The highest BCUT2D eigenvalue weighted by molar-refractivity contribution is 9.10. The second kappa shape index (κ2) is 5.87. The van der Waals surface area contributed by atoms with Gasteiger partial charge in [-0.3, -0.25) is 4.79 Å². The molecule has 0 saturated carbocycles. The van der Waals surface area contributed by atoms with Crippen molar-refractivity contribution in [3.8, 4) is 0 Å². The number of halogens is 1. The van der Waals surface area contributed by atoms with Crippen molar-refractivity contribution in [3.63, 3.8) is 0 Å². The van der Waals surface area contributed by atoms with E-state index in [-0.39, 0.29) is 5.91 Å². The molecule has 1 saturated heterocycles. The maximum absolute atomic E-state index is 12.2. The summed E-state index contributed by atoms with van der Waals surface area (Å²) in [4.78, 5) is 18.3. The Labute approximate surface area is 114 Å². The number of carbonyl (C=O) groups is 1. The molecule has 17 heavy (non-hydrogen) atoms. The SMILES string of the molecule is CCC1CN(C(=O)c2ccc(Br)nc2)CCS1. The van der Waals surface area contributed by atoms with Crippen molar-refractivity contribution in [2.75, 3.05) is 18.8 Å². The van der Waals surface area contributed by atoms with E-state index in [1.165, 1.54) is 0 Å². The van der Waals surface area contributed by atoms with Crippen LogP contribution in [0.15, 0.2) is 22.9 Å². The number of carbonyl (C=O) groups excluding carboxylic acids is 1. The lowest BCUT2D eigenvalue weighted by Gasteiger charge is -2.31. The molecule has 1 aromatic heterocycles. The van der Waals surface area contributed by atoms with Crippen LogP contribution in [0.3, 0.4) is 0 Å². The highest BCUT2D eigenvalue weighted by Crippen LogP contribution is 2.22. The van der Waals surface area contributed by atoms with Crippen molar-refractivity contribution >= 4 is 33.6 Å². The van der Waals surface area contributed by atoms with E-state index in [9.17, 15) is 4.79 Å². The molecule has 1 atom stereocenters. The van der Waals surface area contributed by atoms with Crippen molar-refractivity contribution in [2.24, 2.45) is 0 Å². The average Bonchev–Trinajstić information content (AvgIpc) is 2.39. The van der Waals surface area contributed by atoms with E-state index in [1.54, 1.807) is 6.20 Å². The van der Waals surface area contributed by atoms with Gasteiger partial charge < -0.3 is 4.90 Å². The second-order valence-electron chi connectivity index (χ2n) is 4.02. The van der Waals surface area contributed by atoms with Gasteiger partial charge in [0.2, 0.25) is 0 Å². The third-order valence-electron chi connectivity index (χ3n) is 2.86. The van der Waals surface area contributed by atoms with Crippen molar-refractivity contribution < 1.29 is 4.79 Å². The monoisotopic (exact) mass is 314 g/mol. The highest BCUT2D eigenvalue weighted by atomic mass is 79.9. The maximum atomic E-state index is 12.2. The number of hydrogen-bond acceptors (Lipinski definition) is 3. The summed E-state index contributed by atoms with van der Waals surface area (Å²) in [7, 11) is 0. The first-order chi connectivity index (χ1) is 8.20. The van der Waals surface area contributed by atoms with E-state index < -0.39 is 0 Å². The Morgan fingerprint density at radius 2 is 2.47 bits per heavy atom. The fourth-order valence-corrected chi connectivity index (χ4v) is 3.25. The molecule has 92 valence electrons. The predicted octanol–water partition coefficient (Wildman–Crippen LogP) is 2.81. The van der Waals surface area contributed by atoms with Crippen molar-refractivity contribution in [3.05, 3.63) is 28.5 Å². The molecule has 1 aliphatic rings. The Balaban J connectivity index is 2.06. The normalized spacial score (nSPS) is 20.4. The zero-order chi connectivity index (χ0) is 12.3. The zero-order valence-electron chi connectivity index (χ0n) is 9.73. The minimum Gasteiger partial charge on any atom is -0.337 e. The number of aromatic nitrogens is 1. The van der Waals surface area contributed by atoms with Gasteiger partial charge in [-0.05, 0) is 34.5 Å². The molecule has 1 amide bonds. The number of hydrogen-bond donors (Lipinski definition) is 0. The van der Waals surface area contributed by atoms with E-state index in [0.29, 0.717) is 10.8 Å². The molecule has 1 fully saturated rings. The van der Waals surface area contributed by atoms with Crippen molar-refractivity contribution in [2.45, 2.75) is 18.6 Å². The lowest BCUT2D eigenvalue weighted by Crippen LogP contribution is -2.41. The van der Waals surface area contributed by atoms with Crippen LogP contribution in [0.4, 0.5) is 0 Å². The van der Waals surface area contributed by atoms with Gasteiger partial charge in [0.1, 0.15) is 4.60 Å². The van der Waals surface area contributed by atoms with Crippen LogP contribution in [-0.2, 0) is 0 Å². The quantitative estimate of drug-likeness (QED) is 0.787. The van der Waals surface area contributed by atoms with Crippen LogP contribution in [-0.4, -0.2) is 39.9 Å². The summed E-state index contributed by atoms with van der Waals surface area (Å²) in [5.41, 5.74) is 0.676. The van der Waals surface area contributed by atoms with E-state index in [1.807, 2.05) is 28.8 Å². The molecule has 1 unspecified atom stereocenters. The molecule has 0 radical (unpaired) electrons. The van der Waals surface area contributed by atoms with Gasteiger partial charge in [-0.2, -0.15) is 11.8 Å². The summed E-state index contributed by atoms with van der Waals surface area (Å²) >= 11 is 5.24. The number of nitrogens with zero attached hydrogens (tertiary/aromatic N) is 2. The Bertz CT molecular complexity index is 396. The van der Waals surface area contributed by atoms with Gasteiger partial charge in [0.05, 0.1) is 5.56 Å². The first-order valence-electron chi connectivity index (χ1n) is 5.73. The van der Waals surface area contributed by atoms with Crippen LogP contribution >= 0.6 is 27.7 Å². The van der Waals surface area contributed by atoms with E-state index >= 15 is 0 Å². The molecule has 0 aromatic carbocycles. The van der Waals surface area contributed by atoms with Gasteiger partial charge in [0.25, 0.3) is 5.91 Å². The maximum Gasteiger partial charge on any atom is 0.255 e. The number of pyridine rings is 1. The van der Waals surface area contributed by atoms with Gasteiger partial charge in [-0.15, -0.1) is 0 Å². The Morgan fingerprint density at radius 3 is 3.12 bits per heavy atom. The Morgan fingerprint density at radius 1 is 1.65 bits per heavy atom. The standard InChI is InChI=1S/C12H15BrN2OS/c1-2-10-8-15(5-6-17-10)12(16)9-3-4-11(13)14-7-9/h3-4,7,10H,2,5-6,8H2,1H3. The van der Waals surface area contributed by atoms with Crippen LogP contribution in [0, 0.1) is 0 Å². The molecule has 2 rings (SSSR count). The predicted molar refractivity (Wildman–Crippen MR) is 74.4 cm³/mol. The van der Waals surface area contributed by atoms with Crippen LogP contribution in [0.5, 0.6) is 0 Å². The summed E-state index contributed by atoms with van der Waals surface area (Å²) in [5.74, 6) is 1.14. The molecule has 1 aromatic rings. The van der Waals surface area contributed by atoms with Gasteiger partial charge in [0.15, 0.2) is 0 Å². The van der Waals surface area contributed by atoms with Crippen molar-refractivity contribution in [1.29, 1.82) is 0 Å². The van der Waals surface area contributed by atoms with Crippen LogP contribution in [0.1, 0.15) is 23.7 Å². The molecule has 0 bridgehead atoms. The lowest BCUT2D eigenvalue weighted by molar-refractivity contribution is 0.0760. The van der Waals surface area contributed by atoms with Crippen LogP contribution in [0.2, 0.25) is 0 Å². The smallest absolute Gasteiger partial charge is 0.255 e. The summed E-state index contributed by atoms with van der Waals surface area (Å²) in [6, 6.07) is 3.63. The molecule has 1 aliphatic heterocycles. The fourth-order valence-electron chi connectivity index (χ4n) is 1.84. The van der Waals surface area contributed by atoms with Gasteiger partial charge >= 0.3 is 0 Å². The minimum atomic E-state index is 0.101. The van der Waals surface area contributed by atoms with Gasteiger partial charge in [0, 0.05) is 30.3 Å². The first-order valence-corrected chi connectivity index (χ1v) is 7.57. The van der Waals surface area contributed by atoms with Gasteiger partial charge in [-0.25, -0.2) is 4.98 Å². The second-order valence-corrected chi connectivity index (χ2v) is 6.24. The highest BCUT2D eigenvalue weighted by Gasteiger charge is 2.23. The topological polar surface area (TPSA) is 33.2 Å². The third-order valence-corrected chi connectivity index (χ3v) is 4.70. The summed E-state index contributed by atoms with van der Waals surface area (Å²) in [5, 5.41) is 0.580. The lowest BCUT2D eigenvalue weighted by atomic mass is 10.2. The number of thioether (sulfide) groups is 1. The van der Waals surface area contributed by atoms with Gasteiger partial charge in [-0.1, -0.05) is 6.92 Å². The zero-order valence-corrected chi connectivity index (χ0v) is 12.1. The third kappa shape index (κ3) is 3.22. The molecule has 3 nitrogen and oxygen atoms in total. The Hall–Kier alpha value is -0.550. The van der Waals surface area contributed by atoms with Crippen LogP contribution < -0.4 is 0 Å². The molecule has 0 aliphatic carbocycles. The minimum absolute atomic E-state index is 0.101. The molecular formula is C12H15BrN2OS. The molecular weight excluding hydrogens is 300 g/mol. The molecule has 0 spiro atoms. The fraction of sp³-hybridized carbons (Fsp3) is 0.500. The Kier molecular flexibility index (Phi) is 4.45. The summed E-state index contributed by atoms with van der Waals surface area (Å²) < 4.78 is 0.759. The summed E-state index contributed by atoms with van der Waals surface area (Å²) in [6.45, 7) is 3.87. The van der Waals surface area contributed by atoms with Crippen LogP contribution in [0.25, 0.3) is 0 Å². The van der Waals surface area contributed by atoms with E-state index in [2.05, 4.69) is 27.8 Å². The summed E-state index contributed by atoms with van der Waals surface area (Å²) in [6.07, 6.45) is 2.75. The number of rotatable bonds is 2. The van der Waals surface area contributed by atoms with E-state index in [0.717, 1.165) is 29.9 Å².